The first-order chi connectivity index (χ1) is 3.85. The van der Waals surface area contributed by atoms with Crippen LogP contribution in [0.1, 0.15) is 20.3 Å². The molecule has 0 saturated carbocycles. The summed E-state index contributed by atoms with van der Waals surface area (Å²) in [5.41, 5.74) is 0. The van der Waals surface area contributed by atoms with Gasteiger partial charge in [-0.05, 0) is 13.3 Å². The van der Waals surface area contributed by atoms with E-state index in [0.717, 1.165) is 6.42 Å². The first kappa shape index (κ1) is 7.23. The van der Waals surface area contributed by atoms with E-state index in [-0.39, 0.29) is 5.92 Å². The Bertz CT molecular complexity index is 108. The number of nitriles is 1. The van der Waals surface area contributed by atoms with Crippen molar-refractivity contribution in [1.82, 2.24) is 0 Å². The highest BCUT2D eigenvalue weighted by molar-refractivity contribution is 4.97. The van der Waals surface area contributed by atoms with Gasteiger partial charge in [-0.1, -0.05) is 19.1 Å². The summed E-state index contributed by atoms with van der Waals surface area (Å²) in [4.78, 5) is 0. The summed E-state index contributed by atoms with van der Waals surface area (Å²) in [5, 5.41) is 8.36. The Hall–Kier alpha value is -0.770. The zero-order valence-corrected chi connectivity index (χ0v) is 5.39. The van der Waals surface area contributed by atoms with Gasteiger partial charge in [-0.15, -0.1) is 0 Å². The lowest BCUT2D eigenvalue weighted by atomic mass is 10.1. The van der Waals surface area contributed by atoms with Crippen molar-refractivity contribution in [3.63, 3.8) is 0 Å². The van der Waals surface area contributed by atoms with Gasteiger partial charge in [0.25, 0.3) is 0 Å². The van der Waals surface area contributed by atoms with Gasteiger partial charge in [0.2, 0.25) is 0 Å². The van der Waals surface area contributed by atoms with Gasteiger partial charge >= 0.3 is 0 Å². The van der Waals surface area contributed by atoms with Crippen LogP contribution in [0, 0.1) is 17.2 Å². The molecular formula is C7H11N. The maximum absolute atomic E-state index is 8.36. The lowest BCUT2D eigenvalue weighted by Crippen LogP contribution is -1.86. The van der Waals surface area contributed by atoms with Crippen molar-refractivity contribution in [2.24, 2.45) is 5.92 Å². The normalized spacial score (nSPS) is 13.6. The van der Waals surface area contributed by atoms with Gasteiger partial charge in [-0.25, -0.2) is 0 Å². The molecule has 0 spiro atoms. The molecule has 0 saturated heterocycles. The lowest BCUT2D eigenvalue weighted by molar-refractivity contribution is 0.787. The average molecular weight is 109 g/mol. The van der Waals surface area contributed by atoms with Crippen LogP contribution in [0.5, 0.6) is 0 Å². The minimum Gasteiger partial charge on any atom is -0.198 e. The first-order valence-corrected chi connectivity index (χ1v) is 2.87. The zero-order valence-electron chi connectivity index (χ0n) is 5.39. The van der Waals surface area contributed by atoms with Crippen LogP contribution >= 0.6 is 0 Å². The molecule has 0 aliphatic carbocycles. The summed E-state index contributed by atoms with van der Waals surface area (Å²) in [7, 11) is 0. The van der Waals surface area contributed by atoms with E-state index < -0.39 is 0 Å². The molecule has 0 fully saturated rings. The second kappa shape index (κ2) is 4.39. The Labute approximate surface area is 50.6 Å². The van der Waals surface area contributed by atoms with Crippen LogP contribution in [0.3, 0.4) is 0 Å². The Morgan fingerprint density at radius 1 is 1.75 bits per heavy atom. The smallest absolute Gasteiger partial charge is 0.0697 e. The second-order valence-electron chi connectivity index (χ2n) is 1.67. The average Bonchev–Trinajstić information content (AvgIpc) is 1.83. The van der Waals surface area contributed by atoms with E-state index in [1.165, 1.54) is 0 Å². The monoisotopic (exact) mass is 109 g/mol. The highest BCUT2D eigenvalue weighted by atomic mass is 14.3. The summed E-state index contributed by atoms with van der Waals surface area (Å²) in [6.45, 7) is 3.94. The molecule has 1 atom stereocenters. The molecule has 1 unspecified atom stereocenters. The molecule has 44 valence electrons. The molecule has 1 nitrogen and oxygen atoms in total. The van der Waals surface area contributed by atoms with Gasteiger partial charge in [-0.3, -0.25) is 0 Å². The largest absolute Gasteiger partial charge is 0.198 e. The molecule has 0 N–H and O–H groups in total. The van der Waals surface area contributed by atoms with Crippen molar-refractivity contribution in [3.05, 3.63) is 12.2 Å². The van der Waals surface area contributed by atoms with Gasteiger partial charge in [0, 0.05) is 0 Å². The number of nitrogens with zero attached hydrogens (tertiary/aromatic N) is 1. The number of allylic oxidation sites excluding steroid dienone is 2. The third-order valence-electron chi connectivity index (χ3n) is 1.03. The van der Waals surface area contributed by atoms with Crippen LogP contribution in [-0.4, -0.2) is 0 Å². The lowest BCUT2D eigenvalue weighted by Gasteiger charge is -1.92. The summed E-state index contributed by atoms with van der Waals surface area (Å²) in [6.07, 6.45) is 4.75. The molecule has 0 radical (unpaired) electrons. The summed E-state index contributed by atoms with van der Waals surface area (Å²) in [6, 6.07) is 2.17. The van der Waals surface area contributed by atoms with Gasteiger partial charge in [0.05, 0.1) is 12.0 Å². The zero-order chi connectivity index (χ0) is 6.41. The number of hydrogen-bond donors (Lipinski definition) is 0. The summed E-state index contributed by atoms with van der Waals surface area (Å²) < 4.78 is 0. The van der Waals surface area contributed by atoms with Crippen LogP contribution in [-0.2, 0) is 0 Å². The standard InChI is InChI=1S/C7H11N/c1-3-5-7(4-2)6-8/h3,5,7H,4H2,1-2H3. The van der Waals surface area contributed by atoms with E-state index >= 15 is 0 Å². The molecule has 0 aromatic rings. The molecule has 0 amide bonds. The molecule has 0 rings (SSSR count). The summed E-state index contributed by atoms with van der Waals surface area (Å²) in [5.74, 6) is 0.125. The fraction of sp³-hybridized carbons (Fsp3) is 0.571. The minimum absolute atomic E-state index is 0.125. The van der Waals surface area contributed by atoms with Gasteiger partial charge < -0.3 is 0 Å². The molecular weight excluding hydrogens is 98.1 g/mol. The molecule has 0 heterocycles. The van der Waals surface area contributed by atoms with Crippen LogP contribution in [0.2, 0.25) is 0 Å². The van der Waals surface area contributed by atoms with Gasteiger partial charge in [0.15, 0.2) is 0 Å². The molecule has 1 heteroatoms. The van der Waals surface area contributed by atoms with Crippen molar-refractivity contribution in [3.8, 4) is 6.07 Å². The van der Waals surface area contributed by atoms with Crippen molar-refractivity contribution in [2.75, 3.05) is 0 Å². The molecule has 0 bridgehead atoms. The van der Waals surface area contributed by atoms with Crippen molar-refractivity contribution in [1.29, 1.82) is 5.26 Å². The van der Waals surface area contributed by atoms with Crippen molar-refractivity contribution in [2.45, 2.75) is 20.3 Å². The number of rotatable bonds is 2. The molecule has 0 aliphatic rings. The quantitative estimate of drug-likeness (QED) is 0.498. The molecule has 0 aromatic heterocycles. The Balaban J connectivity index is 3.57. The fourth-order valence-corrected chi connectivity index (χ4v) is 0.503. The Morgan fingerprint density at radius 3 is 2.50 bits per heavy atom. The van der Waals surface area contributed by atoms with Crippen LogP contribution < -0.4 is 0 Å². The van der Waals surface area contributed by atoms with E-state index in [1.807, 2.05) is 26.0 Å². The SMILES string of the molecule is CC=CC(C#N)CC. The van der Waals surface area contributed by atoms with Crippen molar-refractivity contribution >= 4 is 0 Å². The number of hydrogen-bond acceptors (Lipinski definition) is 1. The van der Waals surface area contributed by atoms with Crippen LogP contribution in [0.25, 0.3) is 0 Å². The highest BCUT2D eigenvalue weighted by Gasteiger charge is 1.93. The second-order valence-corrected chi connectivity index (χ2v) is 1.67. The predicted molar refractivity (Wildman–Crippen MR) is 34.2 cm³/mol. The highest BCUT2D eigenvalue weighted by Crippen LogP contribution is 2.00. The van der Waals surface area contributed by atoms with E-state index in [9.17, 15) is 0 Å². The minimum atomic E-state index is 0.125. The topological polar surface area (TPSA) is 23.8 Å². The van der Waals surface area contributed by atoms with E-state index in [4.69, 9.17) is 5.26 Å². The first-order valence-electron chi connectivity index (χ1n) is 2.87. The molecule has 8 heavy (non-hydrogen) atoms. The maximum Gasteiger partial charge on any atom is 0.0697 e. The molecule has 0 aliphatic heterocycles. The third-order valence-corrected chi connectivity index (χ3v) is 1.03. The summed E-state index contributed by atoms with van der Waals surface area (Å²) >= 11 is 0. The van der Waals surface area contributed by atoms with E-state index in [1.54, 1.807) is 0 Å². The maximum atomic E-state index is 8.36. The third kappa shape index (κ3) is 2.41. The van der Waals surface area contributed by atoms with Gasteiger partial charge in [0.1, 0.15) is 0 Å². The molecule has 0 aromatic carbocycles. The van der Waals surface area contributed by atoms with Gasteiger partial charge in [-0.2, -0.15) is 5.26 Å². The van der Waals surface area contributed by atoms with Crippen LogP contribution in [0.15, 0.2) is 12.2 Å². The van der Waals surface area contributed by atoms with E-state index in [2.05, 4.69) is 6.07 Å². The Morgan fingerprint density at radius 2 is 2.38 bits per heavy atom. The van der Waals surface area contributed by atoms with Crippen molar-refractivity contribution < 1.29 is 0 Å². The predicted octanol–water partition coefficient (Wildman–Crippen LogP) is 2.11. The Kier molecular flexibility index (Phi) is 3.97. The fourth-order valence-electron chi connectivity index (χ4n) is 0.503. The van der Waals surface area contributed by atoms with E-state index in [0.29, 0.717) is 0 Å². The van der Waals surface area contributed by atoms with Crippen LogP contribution in [0.4, 0.5) is 0 Å².